The molecule has 0 atom stereocenters. The first-order valence-electron chi connectivity index (χ1n) is 10.7. The molecule has 0 saturated carbocycles. The van der Waals surface area contributed by atoms with Crippen molar-refractivity contribution in [3.05, 3.63) is 95.6 Å². The maximum Gasteiger partial charge on any atom is 0.338 e. The first-order chi connectivity index (χ1) is 16.1. The second-order valence-electron chi connectivity index (χ2n) is 6.91. The quantitative estimate of drug-likeness (QED) is 0.234. The molecule has 0 heterocycles. The van der Waals surface area contributed by atoms with Crippen molar-refractivity contribution in [1.29, 1.82) is 0 Å². The van der Waals surface area contributed by atoms with E-state index in [0.717, 1.165) is 11.1 Å². The second kappa shape index (κ2) is 12.1. The van der Waals surface area contributed by atoms with E-state index in [1.165, 1.54) is 6.08 Å². The lowest BCUT2D eigenvalue weighted by molar-refractivity contribution is -0.128. The minimum Gasteiger partial charge on any atom is -0.490 e. The van der Waals surface area contributed by atoms with E-state index < -0.39 is 11.9 Å². The van der Waals surface area contributed by atoms with Gasteiger partial charge in [0.05, 0.1) is 18.8 Å². The highest BCUT2D eigenvalue weighted by atomic mass is 16.5. The van der Waals surface area contributed by atoms with Gasteiger partial charge < -0.3 is 18.9 Å². The zero-order chi connectivity index (χ0) is 23.5. The Morgan fingerprint density at radius 3 is 2.21 bits per heavy atom. The third kappa shape index (κ3) is 7.25. The molecular weight excluding hydrogens is 420 g/mol. The van der Waals surface area contributed by atoms with E-state index >= 15 is 0 Å². The average molecular weight is 446 g/mol. The number of hydrogen-bond acceptors (Lipinski definition) is 6. The van der Waals surface area contributed by atoms with Crippen LogP contribution in [0, 0.1) is 0 Å². The summed E-state index contributed by atoms with van der Waals surface area (Å²) >= 11 is 0. The highest BCUT2D eigenvalue weighted by Crippen LogP contribution is 2.29. The van der Waals surface area contributed by atoms with Gasteiger partial charge in [-0.05, 0) is 67.4 Å². The molecule has 33 heavy (non-hydrogen) atoms. The molecule has 0 aromatic heterocycles. The Hall–Kier alpha value is -4.06. The highest BCUT2D eigenvalue weighted by molar-refractivity contribution is 5.90. The summed E-state index contributed by atoms with van der Waals surface area (Å²) in [5.74, 6) is 0.607. The first-order valence-corrected chi connectivity index (χ1v) is 10.7. The Kier molecular flexibility index (Phi) is 8.65. The predicted molar refractivity (Wildman–Crippen MR) is 125 cm³/mol. The number of carbonyl (C=O) groups is 2. The molecule has 0 unspecified atom stereocenters. The standard InChI is InChI=1S/C27H26O6/c1-3-30-24-16-10-20(18-25(24)31-4-2)11-17-26(28)33-23-14-12-22(13-15-23)27(29)32-19-21-8-6-5-7-9-21/h5-18H,3-4,19H2,1-2H3. The van der Waals surface area contributed by atoms with Gasteiger partial charge in [-0.3, -0.25) is 0 Å². The summed E-state index contributed by atoms with van der Waals surface area (Å²) < 4.78 is 21.7. The van der Waals surface area contributed by atoms with E-state index in [1.807, 2.05) is 50.2 Å². The second-order valence-corrected chi connectivity index (χ2v) is 6.91. The summed E-state index contributed by atoms with van der Waals surface area (Å²) in [5.41, 5.74) is 2.05. The summed E-state index contributed by atoms with van der Waals surface area (Å²) in [4.78, 5) is 24.4. The van der Waals surface area contributed by atoms with Crippen LogP contribution in [-0.4, -0.2) is 25.2 Å². The molecule has 0 spiro atoms. The van der Waals surface area contributed by atoms with Gasteiger partial charge in [0, 0.05) is 6.08 Å². The van der Waals surface area contributed by atoms with E-state index in [-0.39, 0.29) is 6.61 Å². The molecular formula is C27H26O6. The summed E-state index contributed by atoms with van der Waals surface area (Å²) in [6, 6.07) is 21.1. The van der Waals surface area contributed by atoms with Crippen molar-refractivity contribution in [2.24, 2.45) is 0 Å². The lowest BCUT2D eigenvalue weighted by Gasteiger charge is -2.11. The van der Waals surface area contributed by atoms with E-state index in [1.54, 1.807) is 42.5 Å². The molecule has 0 N–H and O–H groups in total. The van der Waals surface area contributed by atoms with Crippen LogP contribution in [0.4, 0.5) is 0 Å². The molecule has 170 valence electrons. The van der Waals surface area contributed by atoms with Gasteiger partial charge in [0.15, 0.2) is 11.5 Å². The van der Waals surface area contributed by atoms with Crippen LogP contribution in [0.25, 0.3) is 6.08 Å². The molecule has 6 nitrogen and oxygen atoms in total. The Bertz CT molecular complexity index is 1090. The van der Waals surface area contributed by atoms with Gasteiger partial charge in [0.25, 0.3) is 0 Å². The van der Waals surface area contributed by atoms with Crippen molar-refractivity contribution in [3.63, 3.8) is 0 Å². The van der Waals surface area contributed by atoms with Gasteiger partial charge in [-0.1, -0.05) is 36.4 Å². The predicted octanol–water partition coefficient (Wildman–Crippen LogP) is 5.46. The minimum absolute atomic E-state index is 0.192. The largest absolute Gasteiger partial charge is 0.490 e. The van der Waals surface area contributed by atoms with Gasteiger partial charge in [-0.25, -0.2) is 9.59 Å². The normalized spacial score (nSPS) is 10.6. The molecule has 0 saturated heterocycles. The highest BCUT2D eigenvalue weighted by Gasteiger charge is 2.09. The molecule has 0 aliphatic heterocycles. The van der Waals surface area contributed by atoms with Crippen LogP contribution in [0.2, 0.25) is 0 Å². The number of esters is 2. The SMILES string of the molecule is CCOc1ccc(C=CC(=O)Oc2ccc(C(=O)OCc3ccccc3)cc2)cc1OCC. The fraction of sp³-hybridized carbons (Fsp3) is 0.185. The van der Waals surface area contributed by atoms with E-state index in [2.05, 4.69) is 0 Å². The number of rotatable bonds is 10. The van der Waals surface area contributed by atoms with Crippen molar-refractivity contribution in [2.45, 2.75) is 20.5 Å². The number of ether oxygens (including phenoxy) is 4. The summed E-state index contributed by atoms with van der Waals surface area (Å²) in [7, 11) is 0. The van der Waals surface area contributed by atoms with Crippen LogP contribution >= 0.6 is 0 Å². The molecule has 0 bridgehead atoms. The Labute approximate surface area is 193 Å². The topological polar surface area (TPSA) is 71.1 Å². The zero-order valence-electron chi connectivity index (χ0n) is 18.7. The number of benzene rings is 3. The van der Waals surface area contributed by atoms with E-state index in [9.17, 15) is 9.59 Å². The molecule has 3 aromatic rings. The van der Waals surface area contributed by atoms with Crippen LogP contribution in [0.15, 0.2) is 78.9 Å². The van der Waals surface area contributed by atoms with Gasteiger partial charge in [0.1, 0.15) is 12.4 Å². The van der Waals surface area contributed by atoms with E-state index in [0.29, 0.717) is 36.0 Å². The third-order valence-electron chi connectivity index (χ3n) is 4.50. The molecule has 0 fully saturated rings. The van der Waals surface area contributed by atoms with Gasteiger partial charge in [0.2, 0.25) is 0 Å². The molecule has 0 aliphatic carbocycles. The van der Waals surface area contributed by atoms with Crippen molar-refractivity contribution < 1.29 is 28.5 Å². The Morgan fingerprint density at radius 1 is 0.818 bits per heavy atom. The van der Waals surface area contributed by atoms with Crippen LogP contribution in [0.1, 0.15) is 35.3 Å². The summed E-state index contributed by atoms with van der Waals surface area (Å²) in [6.07, 6.45) is 2.96. The molecule has 3 rings (SSSR count). The van der Waals surface area contributed by atoms with E-state index in [4.69, 9.17) is 18.9 Å². The zero-order valence-corrected chi connectivity index (χ0v) is 18.7. The van der Waals surface area contributed by atoms with Crippen molar-refractivity contribution in [3.8, 4) is 17.2 Å². The van der Waals surface area contributed by atoms with Crippen LogP contribution in [0.3, 0.4) is 0 Å². The summed E-state index contributed by atoms with van der Waals surface area (Å²) in [6.45, 7) is 5.03. The number of hydrogen-bond donors (Lipinski definition) is 0. The molecule has 3 aromatic carbocycles. The van der Waals surface area contributed by atoms with Crippen LogP contribution in [-0.2, 0) is 16.1 Å². The van der Waals surface area contributed by atoms with Crippen LogP contribution in [0.5, 0.6) is 17.2 Å². The summed E-state index contributed by atoms with van der Waals surface area (Å²) in [5, 5.41) is 0. The molecule has 0 amide bonds. The molecule has 6 heteroatoms. The lowest BCUT2D eigenvalue weighted by atomic mass is 10.2. The van der Waals surface area contributed by atoms with Crippen molar-refractivity contribution in [1.82, 2.24) is 0 Å². The van der Waals surface area contributed by atoms with Crippen molar-refractivity contribution in [2.75, 3.05) is 13.2 Å². The smallest absolute Gasteiger partial charge is 0.338 e. The number of carbonyl (C=O) groups excluding carboxylic acids is 2. The molecule has 0 radical (unpaired) electrons. The van der Waals surface area contributed by atoms with Gasteiger partial charge >= 0.3 is 11.9 Å². The molecule has 0 aliphatic rings. The van der Waals surface area contributed by atoms with Gasteiger partial charge in [-0.2, -0.15) is 0 Å². The Morgan fingerprint density at radius 2 is 1.52 bits per heavy atom. The fourth-order valence-corrected chi connectivity index (χ4v) is 2.95. The lowest BCUT2D eigenvalue weighted by Crippen LogP contribution is -2.06. The van der Waals surface area contributed by atoms with Crippen molar-refractivity contribution >= 4 is 18.0 Å². The monoisotopic (exact) mass is 446 g/mol. The fourth-order valence-electron chi connectivity index (χ4n) is 2.95. The maximum atomic E-state index is 12.2. The van der Waals surface area contributed by atoms with Gasteiger partial charge in [-0.15, -0.1) is 0 Å². The first kappa shape index (κ1) is 23.6. The van der Waals surface area contributed by atoms with Crippen LogP contribution < -0.4 is 14.2 Å². The third-order valence-corrected chi connectivity index (χ3v) is 4.50. The maximum absolute atomic E-state index is 12.2. The average Bonchev–Trinajstić information content (AvgIpc) is 2.84. The Balaban J connectivity index is 1.55. The minimum atomic E-state index is -0.541.